The lowest BCUT2D eigenvalue weighted by atomic mass is 10.3. The van der Waals surface area contributed by atoms with Crippen molar-refractivity contribution in [1.82, 2.24) is 19.9 Å². The minimum atomic E-state index is -0.373. The van der Waals surface area contributed by atoms with E-state index in [1.165, 1.54) is 11.8 Å². The Kier molecular flexibility index (Phi) is 5.60. The number of hydrogen-bond acceptors (Lipinski definition) is 7. The number of primary amides is 1. The Hall–Kier alpha value is -2.36. The van der Waals surface area contributed by atoms with E-state index in [2.05, 4.69) is 20.7 Å². The maximum Gasteiger partial charge on any atom is 0.239 e. The van der Waals surface area contributed by atoms with Gasteiger partial charge in [-0.1, -0.05) is 23.8 Å². The van der Waals surface area contributed by atoms with Crippen LogP contribution < -0.4 is 11.1 Å². The van der Waals surface area contributed by atoms with Crippen LogP contribution in [0.15, 0.2) is 15.7 Å². The molecular formula is C16H22N6O3S. The molecule has 0 aliphatic heterocycles. The first-order chi connectivity index (χ1) is 12.5. The molecule has 3 N–H and O–H groups in total. The molecule has 1 atom stereocenters. The number of anilines is 1. The first kappa shape index (κ1) is 18.4. The van der Waals surface area contributed by atoms with Gasteiger partial charge in [0.05, 0.1) is 5.25 Å². The zero-order chi connectivity index (χ0) is 18.7. The topological polar surface area (TPSA) is 129 Å². The molecule has 1 aliphatic carbocycles. The van der Waals surface area contributed by atoms with Gasteiger partial charge in [-0.3, -0.25) is 9.59 Å². The van der Waals surface area contributed by atoms with Crippen LogP contribution in [-0.2, 0) is 16.1 Å². The second-order valence-corrected chi connectivity index (χ2v) is 7.48. The third-order valence-corrected chi connectivity index (χ3v) is 5.40. The van der Waals surface area contributed by atoms with Gasteiger partial charge in [0, 0.05) is 24.9 Å². The van der Waals surface area contributed by atoms with Crippen LogP contribution in [0, 0.1) is 6.92 Å². The highest BCUT2D eigenvalue weighted by molar-refractivity contribution is 8.00. The standard InChI is InChI=1S/C16H22N6O3S/c1-3-11(15(24)18-13-8-9(2)25-21-13)26-16-20-19-14(10-4-5-10)22(16)7-6-12(17)23/h8,10-11H,3-7H2,1-2H3,(H2,17,23)(H,18,21,24). The predicted octanol–water partition coefficient (Wildman–Crippen LogP) is 1.84. The Labute approximate surface area is 155 Å². The van der Waals surface area contributed by atoms with Crippen LogP contribution in [0.1, 0.15) is 50.1 Å². The summed E-state index contributed by atoms with van der Waals surface area (Å²) in [7, 11) is 0. The van der Waals surface area contributed by atoms with Crippen molar-refractivity contribution >= 4 is 29.4 Å². The van der Waals surface area contributed by atoms with Gasteiger partial charge in [0.1, 0.15) is 11.6 Å². The van der Waals surface area contributed by atoms with Crippen molar-refractivity contribution in [3.63, 3.8) is 0 Å². The number of aromatic nitrogens is 4. The summed E-state index contributed by atoms with van der Waals surface area (Å²) < 4.78 is 6.89. The van der Waals surface area contributed by atoms with E-state index in [1.54, 1.807) is 13.0 Å². The Morgan fingerprint density at radius 3 is 2.81 bits per heavy atom. The average Bonchev–Trinajstić information content (AvgIpc) is 3.24. The summed E-state index contributed by atoms with van der Waals surface area (Å²) in [5, 5.41) is 15.3. The van der Waals surface area contributed by atoms with E-state index in [4.69, 9.17) is 10.3 Å². The molecule has 0 spiro atoms. The van der Waals surface area contributed by atoms with Crippen LogP contribution in [0.4, 0.5) is 5.82 Å². The van der Waals surface area contributed by atoms with E-state index in [9.17, 15) is 9.59 Å². The smallest absolute Gasteiger partial charge is 0.239 e. The zero-order valence-electron chi connectivity index (χ0n) is 14.8. The van der Waals surface area contributed by atoms with Gasteiger partial charge in [-0.25, -0.2) is 0 Å². The molecule has 0 radical (unpaired) electrons. The lowest BCUT2D eigenvalue weighted by molar-refractivity contribution is -0.118. The summed E-state index contributed by atoms with van der Waals surface area (Å²) in [5.74, 6) is 1.72. The van der Waals surface area contributed by atoms with E-state index >= 15 is 0 Å². The van der Waals surface area contributed by atoms with E-state index in [1.807, 2.05) is 11.5 Å². The molecule has 26 heavy (non-hydrogen) atoms. The second-order valence-electron chi connectivity index (χ2n) is 6.31. The number of carbonyl (C=O) groups is 2. The highest BCUT2D eigenvalue weighted by Gasteiger charge is 2.31. The lowest BCUT2D eigenvalue weighted by Gasteiger charge is -2.14. The molecule has 1 aliphatic rings. The fraction of sp³-hybridized carbons (Fsp3) is 0.562. The Balaban J connectivity index is 1.72. The van der Waals surface area contributed by atoms with Crippen molar-refractivity contribution in [1.29, 1.82) is 0 Å². The van der Waals surface area contributed by atoms with Gasteiger partial charge in [-0.05, 0) is 26.2 Å². The van der Waals surface area contributed by atoms with Crippen LogP contribution >= 0.6 is 11.8 Å². The molecule has 2 amide bonds. The fourth-order valence-corrected chi connectivity index (χ4v) is 3.53. The molecule has 10 heteroatoms. The monoisotopic (exact) mass is 378 g/mol. The first-order valence-corrected chi connectivity index (χ1v) is 9.48. The maximum atomic E-state index is 12.5. The summed E-state index contributed by atoms with van der Waals surface area (Å²) in [6, 6.07) is 1.66. The van der Waals surface area contributed by atoms with Crippen molar-refractivity contribution in [2.45, 2.75) is 62.4 Å². The van der Waals surface area contributed by atoms with Gasteiger partial charge in [-0.15, -0.1) is 10.2 Å². The largest absolute Gasteiger partial charge is 0.370 e. The molecule has 1 unspecified atom stereocenters. The molecular weight excluding hydrogens is 356 g/mol. The number of hydrogen-bond donors (Lipinski definition) is 2. The number of aryl methyl sites for hydroxylation is 1. The minimum Gasteiger partial charge on any atom is -0.370 e. The fourth-order valence-electron chi connectivity index (χ4n) is 2.54. The number of nitrogens with zero attached hydrogens (tertiary/aromatic N) is 4. The van der Waals surface area contributed by atoms with Crippen LogP contribution in [0.25, 0.3) is 0 Å². The summed E-state index contributed by atoms with van der Waals surface area (Å²) in [5.41, 5.74) is 5.28. The van der Waals surface area contributed by atoms with E-state index < -0.39 is 0 Å². The first-order valence-electron chi connectivity index (χ1n) is 8.60. The summed E-state index contributed by atoms with van der Waals surface area (Å²) in [4.78, 5) is 23.7. The molecule has 2 heterocycles. The zero-order valence-corrected chi connectivity index (χ0v) is 15.6. The maximum absolute atomic E-state index is 12.5. The van der Waals surface area contributed by atoms with E-state index in [0.717, 1.165) is 18.7 Å². The molecule has 9 nitrogen and oxygen atoms in total. The quantitative estimate of drug-likeness (QED) is 0.637. The van der Waals surface area contributed by atoms with Crippen LogP contribution in [0.3, 0.4) is 0 Å². The SMILES string of the molecule is CCC(Sc1nnc(C2CC2)n1CCC(N)=O)C(=O)Nc1cc(C)on1. The number of nitrogens with one attached hydrogen (secondary N) is 1. The van der Waals surface area contributed by atoms with Gasteiger partial charge < -0.3 is 20.1 Å². The predicted molar refractivity (Wildman–Crippen MR) is 95.6 cm³/mol. The van der Waals surface area contributed by atoms with Crippen LogP contribution in [0.5, 0.6) is 0 Å². The molecule has 1 fully saturated rings. The molecule has 0 aromatic carbocycles. The van der Waals surface area contributed by atoms with Crippen molar-refractivity contribution in [2.24, 2.45) is 5.73 Å². The van der Waals surface area contributed by atoms with Crippen molar-refractivity contribution in [3.05, 3.63) is 17.7 Å². The Morgan fingerprint density at radius 2 is 2.23 bits per heavy atom. The third-order valence-electron chi connectivity index (χ3n) is 4.06. The van der Waals surface area contributed by atoms with Crippen LogP contribution in [-0.4, -0.2) is 37.0 Å². The summed E-state index contributed by atoms with van der Waals surface area (Å²) in [6.45, 7) is 4.11. The van der Waals surface area contributed by atoms with Crippen molar-refractivity contribution < 1.29 is 14.1 Å². The van der Waals surface area contributed by atoms with Crippen LogP contribution in [0.2, 0.25) is 0 Å². The molecule has 2 aromatic rings. The number of carbonyl (C=O) groups excluding carboxylic acids is 2. The van der Waals surface area contributed by atoms with Gasteiger partial charge in [0.15, 0.2) is 11.0 Å². The molecule has 1 saturated carbocycles. The van der Waals surface area contributed by atoms with Crippen molar-refractivity contribution in [2.75, 3.05) is 5.32 Å². The molecule has 3 rings (SSSR count). The van der Waals surface area contributed by atoms with E-state index in [-0.39, 0.29) is 23.5 Å². The number of amides is 2. The molecule has 0 bridgehead atoms. The van der Waals surface area contributed by atoms with Gasteiger partial charge in [-0.2, -0.15) is 0 Å². The molecule has 2 aromatic heterocycles. The summed E-state index contributed by atoms with van der Waals surface area (Å²) >= 11 is 1.33. The van der Waals surface area contributed by atoms with Gasteiger partial charge in [0.2, 0.25) is 11.8 Å². The highest BCUT2D eigenvalue weighted by Crippen LogP contribution is 2.40. The Bertz CT molecular complexity index is 798. The third kappa shape index (κ3) is 4.43. The number of rotatable bonds is 9. The molecule has 140 valence electrons. The van der Waals surface area contributed by atoms with Gasteiger partial charge in [0.25, 0.3) is 0 Å². The van der Waals surface area contributed by atoms with Gasteiger partial charge >= 0.3 is 0 Å². The van der Waals surface area contributed by atoms with Crippen molar-refractivity contribution in [3.8, 4) is 0 Å². The average molecular weight is 378 g/mol. The molecule has 0 saturated heterocycles. The Morgan fingerprint density at radius 1 is 1.46 bits per heavy atom. The number of thioether (sulfide) groups is 1. The number of nitrogens with two attached hydrogens (primary N) is 1. The second kappa shape index (κ2) is 7.90. The lowest BCUT2D eigenvalue weighted by Crippen LogP contribution is -2.25. The highest BCUT2D eigenvalue weighted by atomic mass is 32.2. The van der Waals surface area contributed by atoms with E-state index in [0.29, 0.717) is 35.6 Å². The minimum absolute atomic E-state index is 0.178. The normalized spacial score (nSPS) is 15.0. The summed E-state index contributed by atoms with van der Waals surface area (Å²) in [6.07, 6.45) is 2.96.